The van der Waals surface area contributed by atoms with E-state index in [2.05, 4.69) is 27.4 Å². The number of anilines is 2. The molecular weight excluding hydrogens is 630 g/mol. The molecule has 0 unspecified atom stereocenters. The van der Waals surface area contributed by atoms with Crippen molar-refractivity contribution >= 4 is 29.1 Å². The highest BCUT2D eigenvalue weighted by Gasteiger charge is 2.66. The van der Waals surface area contributed by atoms with Gasteiger partial charge in [0.2, 0.25) is 11.8 Å². The monoisotopic (exact) mass is 679 g/mol. The number of methoxy groups -OCH3 is 1. The summed E-state index contributed by atoms with van der Waals surface area (Å²) in [5.74, 6) is -0.191. The Morgan fingerprint density at radius 3 is 2.50 bits per heavy atom. The van der Waals surface area contributed by atoms with E-state index in [0.717, 1.165) is 46.7 Å². The van der Waals surface area contributed by atoms with Gasteiger partial charge in [-0.2, -0.15) is 0 Å². The van der Waals surface area contributed by atoms with Gasteiger partial charge in [0, 0.05) is 55.7 Å². The van der Waals surface area contributed by atoms with Gasteiger partial charge in [0.05, 0.1) is 31.9 Å². The van der Waals surface area contributed by atoms with Gasteiger partial charge in [0.15, 0.2) is 5.60 Å². The Hall–Kier alpha value is -4.47. The van der Waals surface area contributed by atoms with Crippen molar-refractivity contribution in [1.29, 1.82) is 0 Å². The molecule has 1 N–H and O–H groups in total. The maximum absolute atomic E-state index is 14.9. The van der Waals surface area contributed by atoms with Gasteiger partial charge in [0.25, 0.3) is 5.91 Å². The first-order valence-electron chi connectivity index (χ1n) is 17.7. The molecular formula is C41H49N3O6. The summed E-state index contributed by atoms with van der Waals surface area (Å²) in [6, 6.07) is 23.5. The van der Waals surface area contributed by atoms with Crippen LogP contribution >= 0.6 is 0 Å². The lowest BCUT2D eigenvalue weighted by Gasteiger charge is -2.39. The normalized spacial score (nSPS) is 23.3. The number of fused-ring (bicyclic) bond motifs is 2. The van der Waals surface area contributed by atoms with Crippen LogP contribution in [0.5, 0.6) is 5.75 Å². The van der Waals surface area contributed by atoms with Crippen LogP contribution in [0.1, 0.15) is 63.1 Å². The second-order valence-corrected chi connectivity index (χ2v) is 14.3. The van der Waals surface area contributed by atoms with Gasteiger partial charge in [0.1, 0.15) is 5.75 Å². The number of hydrogen-bond donors (Lipinski definition) is 1. The Kier molecular flexibility index (Phi) is 10.2. The van der Waals surface area contributed by atoms with Crippen molar-refractivity contribution in [2.45, 2.75) is 70.1 Å². The highest BCUT2D eigenvalue weighted by molar-refractivity contribution is 6.08. The average Bonchev–Trinajstić information content (AvgIpc) is 3.54. The summed E-state index contributed by atoms with van der Waals surface area (Å²) in [4.78, 5) is 47.4. The predicted octanol–water partition coefficient (Wildman–Crippen LogP) is 5.98. The SMILES string of the molecule is C=CCN1C(=O)[C@]2(O[C@H](CC(=O)N(CCO)Cc3ccccc3)[C@@H](C(C)(C)c3ccc(OC)cc3)[C@@H]2C)c2cc(N3CCCCC3=O)ccc21. The lowest BCUT2D eigenvalue weighted by Crippen LogP contribution is -2.46. The molecule has 6 rings (SSSR count). The van der Waals surface area contributed by atoms with Crippen molar-refractivity contribution in [2.75, 3.05) is 43.2 Å². The predicted molar refractivity (Wildman–Crippen MR) is 194 cm³/mol. The Morgan fingerprint density at radius 1 is 1.10 bits per heavy atom. The molecule has 3 aliphatic rings. The molecule has 3 amide bonds. The Labute approximate surface area is 295 Å². The quantitative estimate of drug-likeness (QED) is 0.237. The van der Waals surface area contributed by atoms with E-state index in [-0.39, 0.29) is 49.1 Å². The molecule has 0 aromatic heterocycles. The maximum atomic E-state index is 14.9. The first-order chi connectivity index (χ1) is 24.1. The molecule has 9 nitrogen and oxygen atoms in total. The number of aliphatic hydroxyl groups is 1. The van der Waals surface area contributed by atoms with Crippen LogP contribution in [0, 0.1) is 11.8 Å². The summed E-state index contributed by atoms with van der Waals surface area (Å²) in [6.45, 7) is 11.6. The fraction of sp³-hybridized carbons (Fsp3) is 0.439. The Morgan fingerprint density at radius 2 is 1.84 bits per heavy atom. The van der Waals surface area contributed by atoms with Crippen molar-refractivity contribution in [1.82, 2.24) is 4.90 Å². The number of rotatable bonds is 12. The Bertz CT molecular complexity index is 1720. The lowest BCUT2D eigenvalue weighted by atomic mass is 9.63. The summed E-state index contributed by atoms with van der Waals surface area (Å²) >= 11 is 0. The second kappa shape index (κ2) is 14.4. The van der Waals surface area contributed by atoms with Gasteiger partial charge in [-0.15, -0.1) is 6.58 Å². The lowest BCUT2D eigenvalue weighted by molar-refractivity contribution is -0.150. The zero-order valence-electron chi connectivity index (χ0n) is 29.6. The zero-order valence-corrected chi connectivity index (χ0v) is 29.6. The summed E-state index contributed by atoms with van der Waals surface area (Å²) in [5, 5.41) is 9.96. The van der Waals surface area contributed by atoms with E-state index in [1.54, 1.807) is 23.0 Å². The molecule has 0 saturated carbocycles. The third kappa shape index (κ3) is 6.22. The van der Waals surface area contributed by atoms with Crippen molar-refractivity contribution in [3.05, 3.63) is 102 Å². The highest BCUT2D eigenvalue weighted by atomic mass is 16.5. The first kappa shape index (κ1) is 35.4. The van der Waals surface area contributed by atoms with Crippen molar-refractivity contribution < 1.29 is 29.0 Å². The topological polar surface area (TPSA) is 99.6 Å². The number of hydrogen-bond acceptors (Lipinski definition) is 6. The number of carbonyl (C=O) groups is 3. The second-order valence-electron chi connectivity index (χ2n) is 14.3. The molecule has 1 spiro atoms. The third-order valence-electron chi connectivity index (χ3n) is 11.1. The van der Waals surface area contributed by atoms with Crippen molar-refractivity contribution in [2.24, 2.45) is 11.8 Å². The molecule has 2 saturated heterocycles. The number of piperidine rings is 1. The van der Waals surface area contributed by atoms with E-state index >= 15 is 0 Å². The number of aliphatic hydroxyl groups excluding tert-OH is 1. The minimum absolute atomic E-state index is 0.0253. The van der Waals surface area contributed by atoms with Crippen LogP contribution in [0.4, 0.5) is 11.4 Å². The van der Waals surface area contributed by atoms with Crippen LogP contribution in [0.3, 0.4) is 0 Å². The van der Waals surface area contributed by atoms with Crippen LogP contribution < -0.4 is 14.5 Å². The van der Waals surface area contributed by atoms with Crippen LogP contribution in [-0.4, -0.2) is 67.2 Å². The standard InChI is InChI=1S/C41H49N3O6/c1-6-21-44-34-20-17-31(43-22-11-10-14-36(43)46)25-33(34)41(39(44)48)28(2)38(40(3,4)30-15-18-32(49-5)19-16-30)35(50-41)26-37(47)42(23-24-45)27-29-12-8-7-9-13-29/h6-9,12-13,15-20,25,28,35,38,45H,1,10-11,14,21-24,26-27H2,2-5H3/t28-,35+,38-,41+/m0/s1. The van der Waals surface area contributed by atoms with Crippen LogP contribution in [0.15, 0.2) is 85.5 Å². The number of carbonyl (C=O) groups excluding carboxylic acids is 3. The zero-order chi connectivity index (χ0) is 35.6. The fourth-order valence-corrected chi connectivity index (χ4v) is 8.58. The molecule has 2 fully saturated rings. The van der Waals surface area contributed by atoms with Crippen LogP contribution in [-0.2, 0) is 36.7 Å². The summed E-state index contributed by atoms with van der Waals surface area (Å²) in [6.07, 6.45) is 3.36. The molecule has 3 aromatic rings. The molecule has 3 aliphatic heterocycles. The number of amides is 3. The average molecular weight is 680 g/mol. The molecule has 9 heteroatoms. The van der Waals surface area contributed by atoms with Crippen molar-refractivity contribution in [3.8, 4) is 5.75 Å². The van der Waals surface area contributed by atoms with Gasteiger partial charge in [-0.3, -0.25) is 14.4 Å². The van der Waals surface area contributed by atoms with Gasteiger partial charge >= 0.3 is 0 Å². The Balaban J connectivity index is 1.45. The minimum Gasteiger partial charge on any atom is -0.497 e. The maximum Gasteiger partial charge on any atom is 0.264 e. The van der Waals surface area contributed by atoms with Gasteiger partial charge < -0.3 is 29.3 Å². The van der Waals surface area contributed by atoms with E-state index < -0.39 is 17.1 Å². The van der Waals surface area contributed by atoms with Crippen LogP contribution in [0.25, 0.3) is 0 Å². The van der Waals surface area contributed by atoms with Crippen LogP contribution in [0.2, 0.25) is 0 Å². The highest BCUT2D eigenvalue weighted by Crippen LogP contribution is 2.60. The van der Waals surface area contributed by atoms with Gasteiger partial charge in [-0.1, -0.05) is 69.3 Å². The third-order valence-corrected chi connectivity index (χ3v) is 11.1. The van der Waals surface area contributed by atoms with Gasteiger partial charge in [-0.25, -0.2) is 0 Å². The van der Waals surface area contributed by atoms with Crippen molar-refractivity contribution in [3.63, 3.8) is 0 Å². The van der Waals surface area contributed by atoms with E-state index in [9.17, 15) is 19.5 Å². The van der Waals surface area contributed by atoms with E-state index in [1.807, 2.05) is 77.7 Å². The molecule has 264 valence electrons. The number of nitrogens with zero attached hydrogens (tertiary/aromatic N) is 3. The van der Waals surface area contributed by atoms with E-state index in [1.165, 1.54) is 0 Å². The largest absolute Gasteiger partial charge is 0.497 e. The molecule has 0 aliphatic carbocycles. The molecule has 0 radical (unpaired) electrons. The van der Waals surface area contributed by atoms with E-state index in [4.69, 9.17) is 9.47 Å². The fourth-order valence-electron chi connectivity index (χ4n) is 8.58. The minimum atomic E-state index is -1.40. The summed E-state index contributed by atoms with van der Waals surface area (Å²) in [7, 11) is 1.63. The molecule has 4 atom stereocenters. The smallest absolute Gasteiger partial charge is 0.264 e. The molecule has 3 heterocycles. The first-order valence-corrected chi connectivity index (χ1v) is 17.7. The van der Waals surface area contributed by atoms with E-state index in [0.29, 0.717) is 26.1 Å². The molecule has 50 heavy (non-hydrogen) atoms. The summed E-state index contributed by atoms with van der Waals surface area (Å²) in [5.41, 5.74) is 2.25. The molecule has 0 bridgehead atoms. The van der Waals surface area contributed by atoms with Gasteiger partial charge in [-0.05, 0) is 59.7 Å². The molecule has 3 aromatic carbocycles. The summed E-state index contributed by atoms with van der Waals surface area (Å²) < 4.78 is 12.6. The number of benzene rings is 3. The number of ether oxygens (including phenoxy) is 2.